The number of thiophene rings is 1. The molecular weight excluding hydrogens is 176 g/mol. The van der Waals surface area contributed by atoms with Crippen LogP contribution in [0.5, 0.6) is 0 Å². The number of aryl methyl sites for hydroxylation is 2. The highest BCUT2D eigenvalue weighted by molar-refractivity contribution is 7.12. The van der Waals surface area contributed by atoms with Gasteiger partial charge < -0.3 is 0 Å². The Labute approximate surface area is 83.6 Å². The smallest absolute Gasteiger partial charge is 0.0130 e. The van der Waals surface area contributed by atoms with Crippen LogP contribution in [-0.4, -0.2) is 0 Å². The Balaban J connectivity index is 2.50. The minimum atomic E-state index is 1.15. The molecule has 0 atom stereocenters. The topological polar surface area (TPSA) is 0 Å². The van der Waals surface area contributed by atoms with Gasteiger partial charge in [-0.1, -0.05) is 13.5 Å². The van der Waals surface area contributed by atoms with E-state index in [0.29, 0.717) is 0 Å². The third-order valence-electron chi connectivity index (χ3n) is 2.58. The van der Waals surface area contributed by atoms with Crippen LogP contribution in [-0.2, 0) is 12.8 Å². The van der Waals surface area contributed by atoms with Crippen molar-refractivity contribution in [3.63, 3.8) is 0 Å². The zero-order valence-corrected chi connectivity index (χ0v) is 8.84. The van der Waals surface area contributed by atoms with Crippen LogP contribution < -0.4 is 0 Å². The highest BCUT2D eigenvalue weighted by Gasteiger charge is 2.16. The molecule has 13 heavy (non-hydrogen) atoms. The molecule has 0 aliphatic heterocycles. The summed E-state index contributed by atoms with van der Waals surface area (Å²) in [6.45, 7) is 5.98. The van der Waals surface area contributed by atoms with Crippen molar-refractivity contribution in [2.45, 2.75) is 32.6 Å². The number of hydrogen-bond acceptors (Lipinski definition) is 1. The van der Waals surface area contributed by atoms with Gasteiger partial charge in [0.2, 0.25) is 0 Å². The Morgan fingerprint density at radius 3 is 3.08 bits per heavy atom. The van der Waals surface area contributed by atoms with Crippen molar-refractivity contribution in [1.82, 2.24) is 0 Å². The van der Waals surface area contributed by atoms with Crippen LogP contribution >= 0.6 is 11.3 Å². The van der Waals surface area contributed by atoms with Gasteiger partial charge in [-0.05, 0) is 37.3 Å². The Morgan fingerprint density at radius 2 is 2.38 bits per heavy atom. The Hall–Kier alpha value is -0.780. The quantitative estimate of drug-likeness (QED) is 0.591. The second-order valence-corrected chi connectivity index (χ2v) is 4.63. The third kappa shape index (κ3) is 1.50. The van der Waals surface area contributed by atoms with Gasteiger partial charge in [0.25, 0.3) is 0 Å². The minimum absolute atomic E-state index is 1.15. The van der Waals surface area contributed by atoms with Gasteiger partial charge in [-0.25, -0.2) is 0 Å². The molecule has 0 radical (unpaired) electrons. The lowest BCUT2D eigenvalue weighted by atomic mass is 9.94. The SMILES string of the molecule is C=C=C1CCCc2sc(CC)cc21. The van der Waals surface area contributed by atoms with Crippen molar-refractivity contribution in [3.8, 4) is 0 Å². The molecule has 1 aliphatic rings. The summed E-state index contributed by atoms with van der Waals surface area (Å²) in [5.41, 5.74) is 5.84. The molecule has 0 saturated heterocycles. The average molecular weight is 190 g/mol. The second-order valence-electron chi connectivity index (χ2n) is 3.41. The van der Waals surface area contributed by atoms with Gasteiger partial charge in [0.15, 0.2) is 0 Å². The van der Waals surface area contributed by atoms with E-state index < -0.39 is 0 Å². The van der Waals surface area contributed by atoms with Crippen molar-refractivity contribution in [1.29, 1.82) is 0 Å². The molecule has 0 amide bonds. The zero-order chi connectivity index (χ0) is 9.26. The van der Waals surface area contributed by atoms with E-state index in [2.05, 4.69) is 25.3 Å². The van der Waals surface area contributed by atoms with Crippen LogP contribution in [0.15, 0.2) is 18.4 Å². The molecule has 1 aromatic heterocycles. The van der Waals surface area contributed by atoms with Gasteiger partial charge in [-0.15, -0.1) is 17.1 Å². The van der Waals surface area contributed by atoms with E-state index in [1.165, 1.54) is 28.9 Å². The number of allylic oxidation sites excluding steroid dienone is 1. The largest absolute Gasteiger partial charge is 0.145 e. The van der Waals surface area contributed by atoms with Crippen molar-refractivity contribution in [3.05, 3.63) is 33.7 Å². The lowest BCUT2D eigenvalue weighted by Crippen LogP contribution is -1.95. The first-order valence-corrected chi connectivity index (χ1v) is 5.67. The van der Waals surface area contributed by atoms with Gasteiger partial charge in [0.1, 0.15) is 0 Å². The molecule has 0 fully saturated rings. The maximum absolute atomic E-state index is 3.76. The summed E-state index contributed by atoms with van der Waals surface area (Å²) >= 11 is 1.97. The van der Waals surface area contributed by atoms with E-state index in [-0.39, 0.29) is 0 Å². The monoisotopic (exact) mass is 190 g/mol. The van der Waals surface area contributed by atoms with E-state index in [1.807, 2.05) is 11.3 Å². The fourth-order valence-electron chi connectivity index (χ4n) is 1.84. The fourth-order valence-corrected chi connectivity index (χ4v) is 3.02. The summed E-state index contributed by atoms with van der Waals surface area (Å²) in [5, 5.41) is 0. The zero-order valence-electron chi connectivity index (χ0n) is 8.02. The third-order valence-corrected chi connectivity index (χ3v) is 3.92. The van der Waals surface area contributed by atoms with E-state index in [4.69, 9.17) is 0 Å². The van der Waals surface area contributed by atoms with Crippen molar-refractivity contribution in [2.75, 3.05) is 0 Å². The number of hydrogen-bond donors (Lipinski definition) is 0. The standard InChI is InChI=1S/C12H14S/c1-3-9-6-5-7-12-11(9)8-10(4-2)13-12/h8H,1,4-7H2,2H3. The normalized spacial score (nSPS) is 15.3. The maximum Gasteiger partial charge on any atom is 0.0130 e. The van der Waals surface area contributed by atoms with Crippen molar-refractivity contribution >= 4 is 16.9 Å². The van der Waals surface area contributed by atoms with E-state index in [0.717, 1.165) is 12.8 Å². The second kappa shape index (κ2) is 3.53. The molecule has 0 unspecified atom stereocenters. The summed E-state index contributed by atoms with van der Waals surface area (Å²) in [7, 11) is 0. The minimum Gasteiger partial charge on any atom is -0.145 e. The summed E-state index contributed by atoms with van der Waals surface area (Å²) in [5.74, 6) is 0. The highest BCUT2D eigenvalue weighted by Crippen LogP contribution is 2.35. The molecule has 1 heterocycles. The molecule has 0 bridgehead atoms. The van der Waals surface area contributed by atoms with Gasteiger partial charge in [0.05, 0.1) is 0 Å². The fraction of sp³-hybridized carbons (Fsp3) is 0.417. The molecule has 1 heteroatoms. The Bertz CT molecular complexity index is 364. The van der Waals surface area contributed by atoms with Crippen LogP contribution in [0.3, 0.4) is 0 Å². The van der Waals surface area contributed by atoms with Gasteiger partial charge >= 0.3 is 0 Å². The molecule has 0 nitrogen and oxygen atoms in total. The van der Waals surface area contributed by atoms with Crippen LogP contribution in [0.1, 0.15) is 35.1 Å². The molecule has 0 spiro atoms. The van der Waals surface area contributed by atoms with E-state index in [9.17, 15) is 0 Å². The summed E-state index contributed by atoms with van der Waals surface area (Å²) in [6.07, 6.45) is 4.85. The lowest BCUT2D eigenvalue weighted by molar-refractivity contribution is 0.838. The summed E-state index contributed by atoms with van der Waals surface area (Å²) < 4.78 is 0. The van der Waals surface area contributed by atoms with Crippen LogP contribution in [0.4, 0.5) is 0 Å². The van der Waals surface area contributed by atoms with Gasteiger partial charge in [-0.2, -0.15) is 0 Å². The molecule has 1 aromatic rings. The van der Waals surface area contributed by atoms with Crippen molar-refractivity contribution < 1.29 is 0 Å². The maximum atomic E-state index is 3.76. The van der Waals surface area contributed by atoms with Crippen LogP contribution in [0.2, 0.25) is 0 Å². The molecule has 0 saturated carbocycles. The average Bonchev–Trinajstić information content (AvgIpc) is 2.59. The predicted molar refractivity (Wildman–Crippen MR) is 59.2 cm³/mol. The Morgan fingerprint density at radius 1 is 1.54 bits per heavy atom. The molecule has 68 valence electrons. The molecule has 0 N–H and O–H groups in total. The lowest BCUT2D eigenvalue weighted by Gasteiger charge is -2.11. The van der Waals surface area contributed by atoms with E-state index in [1.54, 1.807) is 4.88 Å². The van der Waals surface area contributed by atoms with Crippen LogP contribution in [0.25, 0.3) is 5.57 Å². The first-order chi connectivity index (χ1) is 6.35. The summed E-state index contributed by atoms with van der Waals surface area (Å²) in [6, 6.07) is 2.33. The van der Waals surface area contributed by atoms with Gasteiger partial charge in [-0.3, -0.25) is 0 Å². The number of rotatable bonds is 1. The predicted octanol–water partition coefficient (Wildman–Crippen LogP) is 3.82. The van der Waals surface area contributed by atoms with Crippen LogP contribution in [0, 0.1) is 0 Å². The first-order valence-electron chi connectivity index (χ1n) is 4.86. The number of fused-ring (bicyclic) bond motifs is 1. The molecule has 1 aliphatic carbocycles. The summed E-state index contributed by atoms with van der Waals surface area (Å²) in [4.78, 5) is 3.05. The Kier molecular flexibility index (Phi) is 2.39. The molecular formula is C12H14S. The molecule has 0 aromatic carbocycles. The van der Waals surface area contributed by atoms with E-state index >= 15 is 0 Å². The van der Waals surface area contributed by atoms with Crippen molar-refractivity contribution in [2.24, 2.45) is 0 Å². The van der Waals surface area contributed by atoms with Gasteiger partial charge in [0, 0.05) is 15.3 Å². The highest BCUT2D eigenvalue weighted by atomic mass is 32.1. The molecule has 2 rings (SSSR count). The first kappa shape index (κ1) is 8.80.